The van der Waals surface area contributed by atoms with Gasteiger partial charge in [0, 0.05) is 36.8 Å². The van der Waals surface area contributed by atoms with Gasteiger partial charge < -0.3 is 19.5 Å². The molecule has 0 unspecified atom stereocenters. The molecule has 178 valence electrons. The molecule has 0 saturated carbocycles. The van der Waals surface area contributed by atoms with Crippen LogP contribution in [0.3, 0.4) is 0 Å². The van der Waals surface area contributed by atoms with E-state index in [0.717, 1.165) is 13.1 Å². The van der Waals surface area contributed by atoms with Gasteiger partial charge in [0.1, 0.15) is 18.1 Å². The molecule has 2 aliphatic heterocycles. The number of nitrogens with zero attached hydrogens (tertiary/aromatic N) is 2. The van der Waals surface area contributed by atoms with E-state index in [1.165, 1.54) is 4.90 Å². The molecule has 7 nitrogen and oxygen atoms in total. The first-order valence-electron chi connectivity index (χ1n) is 11.2. The van der Waals surface area contributed by atoms with Crippen LogP contribution in [0.1, 0.15) is 17.2 Å². The maximum absolute atomic E-state index is 13.2. The fourth-order valence-corrected chi connectivity index (χ4v) is 4.35. The van der Waals surface area contributed by atoms with Crippen LogP contribution >= 0.6 is 11.6 Å². The van der Waals surface area contributed by atoms with E-state index in [9.17, 15) is 14.7 Å². The van der Waals surface area contributed by atoms with E-state index in [1.807, 2.05) is 6.07 Å². The molecule has 2 aromatic rings. The monoisotopic (exact) mass is 482 g/mol. The van der Waals surface area contributed by atoms with E-state index in [1.54, 1.807) is 48.5 Å². The predicted molar refractivity (Wildman–Crippen MR) is 130 cm³/mol. The third-order valence-corrected chi connectivity index (χ3v) is 6.21. The third-order valence-electron chi connectivity index (χ3n) is 5.96. The van der Waals surface area contributed by atoms with Gasteiger partial charge in [-0.2, -0.15) is 0 Å². The van der Waals surface area contributed by atoms with Crippen LogP contribution in [-0.2, 0) is 14.3 Å². The molecular formula is C26H27ClN2O5. The molecular weight excluding hydrogens is 456 g/mol. The van der Waals surface area contributed by atoms with Crippen molar-refractivity contribution in [2.75, 3.05) is 46.0 Å². The maximum atomic E-state index is 13.2. The fourth-order valence-electron chi connectivity index (χ4n) is 4.22. The SMILES string of the molecule is C=CCOc1cccc([C@H]2/C(=C(\O)c3ccc(Cl)cc3)C(=O)C(=O)N2CCN2CCOCC2)c1. The smallest absolute Gasteiger partial charge is 0.295 e. The second kappa shape index (κ2) is 10.9. The fraction of sp³-hybridized carbons (Fsp3) is 0.308. The zero-order valence-corrected chi connectivity index (χ0v) is 19.5. The summed E-state index contributed by atoms with van der Waals surface area (Å²) in [4.78, 5) is 30.0. The first-order chi connectivity index (χ1) is 16.5. The molecule has 2 aromatic carbocycles. The summed E-state index contributed by atoms with van der Waals surface area (Å²) in [6.45, 7) is 7.74. The van der Waals surface area contributed by atoms with Gasteiger partial charge in [0.25, 0.3) is 11.7 Å². The second-order valence-electron chi connectivity index (χ2n) is 8.13. The van der Waals surface area contributed by atoms with E-state index in [2.05, 4.69) is 11.5 Å². The van der Waals surface area contributed by atoms with E-state index in [0.29, 0.717) is 54.8 Å². The van der Waals surface area contributed by atoms with Crippen LogP contribution < -0.4 is 4.74 Å². The average Bonchev–Trinajstić information content (AvgIpc) is 3.12. The minimum atomic E-state index is -0.746. The zero-order chi connectivity index (χ0) is 24.1. The van der Waals surface area contributed by atoms with Gasteiger partial charge in [0.2, 0.25) is 0 Å². The molecule has 4 rings (SSSR count). The Bertz CT molecular complexity index is 1090. The third kappa shape index (κ3) is 5.17. The van der Waals surface area contributed by atoms with Crippen molar-refractivity contribution in [1.82, 2.24) is 9.80 Å². The molecule has 2 heterocycles. The van der Waals surface area contributed by atoms with Crippen LogP contribution in [0.15, 0.2) is 66.8 Å². The molecule has 0 aromatic heterocycles. The predicted octanol–water partition coefficient (Wildman–Crippen LogP) is 3.66. The van der Waals surface area contributed by atoms with Crippen molar-refractivity contribution in [3.8, 4) is 5.75 Å². The van der Waals surface area contributed by atoms with Crippen molar-refractivity contribution in [2.45, 2.75) is 6.04 Å². The van der Waals surface area contributed by atoms with Gasteiger partial charge in [-0.15, -0.1) is 0 Å². The minimum Gasteiger partial charge on any atom is -0.507 e. The lowest BCUT2D eigenvalue weighted by atomic mass is 9.95. The number of ketones is 1. The molecule has 0 bridgehead atoms. The van der Waals surface area contributed by atoms with Gasteiger partial charge in [0.15, 0.2) is 0 Å². The molecule has 2 saturated heterocycles. The molecule has 34 heavy (non-hydrogen) atoms. The largest absolute Gasteiger partial charge is 0.507 e. The standard InChI is InChI=1S/C26H27ClN2O5/c1-2-14-34-21-5-3-4-19(17-21)23-22(24(30)18-6-8-20(27)9-7-18)25(31)26(32)29(23)11-10-28-12-15-33-16-13-28/h2-9,17,23,30H,1,10-16H2/b24-22+/t23-/m0/s1. The Hall–Kier alpha value is -3.13. The van der Waals surface area contributed by atoms with Gasteiger partial charge in [-0.05, 0) is 42.0 Å². The number of amides is 1. The minimum absolute atomic E-state index is 0.0511. The Labute approximate surface area is 203 Å². The average molecular weight is 483 g/mol. The first-order valence-corrected chi connectivity index (χ1v) is 11.6. The number of rotatable bonds is 8. The van der Waals surface area contributed by atoms with E-state index in [4.69, 9.17) is 21.1 Å². The molecule has 8 heteroatoms. The number of carbonyl (C=O) groups excluding carboxylic acids is 2. The number of aliphatic hydroxyl groups excluding tert-OH is 1. The summed E-state index contributed by atoms with van der Waals surface area (Å²) in [6.07, 6.45) is 1.64. The molecule has 1 amide bonds. The number of hydrogen-bond donors (Lipinski definition) is 1. The quantitative estimate of drug-likeness (QED) is 0.268. The highest BCUT2D eigenvalue weighted by atomic mass is 35.5. The number of ether oxygens (including phenoxy) is 2. The number of aliphatic hydroxyl groups is 1. The second-order valence-corrected chi connectivity index (χ2v) is 8.56. The topological polar surface area (TPSA) is 79.3 Å². The van der Waals surface area contributed by atoms with Crippen LogP contribution in [0.25, 0.3) is 5.76 Å². The van der Waals surface area contributed by atoms with Crippen molar-refractivity contribution in [3.05, 3.63) is 82.9 Å². The van der Waals surface area contributed by atoms with Crippen LogP contribution in [-0.4, -0.2) is 72.6 Å². The Balaban J connectivity index is 1.73. The number of benzene rings is 2. The van der Waals surface area contributed by atoms with Crippen LogP contribution in [0.4, 0.5) is 0 Å². The lowest BCUT2D eigenvalue weighted by molar-refractivity contribution is -0.140. The van der Waals surface area contributed by atoms with Crippen LogP contribution in [0.2, 0.25) is 5.02 Å². The summed E-state index contributed by atoms with van der Waals surface area (Å²) in [7, 11) is 0. The first kappa shape index (κ1) is 24.0. The summed E-state index contributed by atoms with van der Waals surface area (Å²) in [5.41, 5.74) is 1.15. The van der Waals surface area contributed by atoms with Gasteiger partial charge >= 0.3 is 0 Å². The van der Waals surface area contributed by atoms with Gasteiger partial charge in [0.05, 0.1) is 24.8 Å². The Morgan fingerprint density at radius 1 is 1.15 bits per heavy atom. The number of morpholine rings is 1. The highest BCUT2D eigenvalue weighted by Gasteiger charge is 2.46. The number of halogens is 1. The number of likely N-dealkylation sites (tertiary alicyclic amines) is 1. The van der Waals surface area contributed by atoms with Crippen molar-refractivity contribution in [3.63, 3.8) is 0 Å². The number of carbonyl (C=O) groups is 2. The summed E-state index contributed by atoms with van der Waals surface area (Å²) in [5.74, 6) is -0.989. The summed E-state index contributed by atoms with van der Waals surface area (Å²) in [6, 6.07) is 13.0. The Morgan fingerprint density at radius 3 is 2.59 bits per heavy atom. The highest BCUT2D eigenvalue weighted by Crippen LogP contribution is 2.40. The van der Waals surface area contributed by atoms with Crippen molar-refractivity contribution < 1.29 is 24.2 Å². The highest BCUT2D eigenvalue weighted by molar-refractivity contribution is 6.46. The van der Waals surface area contributed by atoms with Crippen molar-refractivity contribution >= 4 is 29.1 Å². The molecule has 0 aliphatic carbocycles. The normalized spacial score (nSPS) is 20.5. The zero-order valence-electron chi connectivity index (χ0n) is 18.8. The summed E-state index contributed by atoms with van der Waals surface area (Å²) < 4.78 is 11.1. The molecule has 2 fully saturated rings. The molecule has 0 radical (unpaired) electrons. The lowest BCUT2D eigenvalue weighted by Crippen LogP contribution is -2.42. The van der Waals surface area contributed by atoms with Gasteiger partial charge in [-0.25, -0.2) is 0 Å². The van der Waals surface area contributed by atoms with Gasteiger partial charge in [-0.3, -0.25) is 14.5 Å². The summed E-state index contributed by atoms with van der Waals surface area (Å²) >= 11 is 5.99. The van der Waals surface area contributed by atoms with E-state index >= 15 is 0 Å². The Kier molecular flexibility index (Phi) is 7.67. The summed E-state index contributed by atoms with van der Waals surface area (Å²) in [5, 5.41) is 11.6. The van der Waals surface area contributed by atoms with Crippen molar-refractivity contribution in [1.29, 1.82) is 0 Å². The molecule has 0 spiro atoms. The van der Waals surface area contributed by atoms with E-state index < -0.39 is 17.7 Å². The maximum Gasteiger partial charge on any atom is 0.295 e. The lowest BCUT2D eigenvalue weighted by Gasteiger charge is -2.31. The molecule has 1 atom stereocenters. The van der Waals surface area contributed by atoms with Crippen LogP contribution in [0.5, 0.6) is 5.75 Å². The van der Waals surface area contributed by atoms with Crippen molar-refractivity contribution in [2.24, 2.45) is 0 Å². The Morgan fingerprint density at radius 2 is 1.88 bits per heavy atom. The van der Waals surface area contributed by atoms with E-state index in [-0.39, 0.29) is 11.3 Å². The number of Topliss-reactive ketones (excluding diaryl/α,β-unsaturated/α-hetero) is 1. The molecule has 2 aliphatic rings. The number of hydrogen-bond acceptors (Lipinski definition) is 6. The van der Waals surface area contributed by atoms with Crippen LogP contribution in [0, 0.1) is 0 Å². The van der Waals surface area contributed by atoms with Gasteiger partial charge in [-0.1, -0.05) is 36.4 Å². The molecule has 1 N–H and O–H groups in total.